The van der Waals surface area contributed by atoms with Gasteiger partial charge in [-0.2, -0.15) is 0 Å². The zero-order valence-corrected chi connectivity index (χ0v) is 11.1. The Morgan fingerprint density at radius 2 is 1.81 bits per heavy atom. The number of hydrogen-bond acceptors (Lipinski definition) is 3. The molecular weight excluding hydrogens is 222 g/mol. The van der Waals surface area contributed by atoms with E-state index in [1.807, 2.05) is 33.0 Å². The molecule has 16 heavy (non-hydrogen) atoms. The van der Waals surface area contributed by atoms with E-state index in [1.54, 1.807) is 12.1 Å². The van der Waals surface area contributed by atoms with Crippen molar-refractivity contribution in [2.45, 2.75) is 30.7 Å². The molecule has 1 aromatic rings. The van der Waals surface area contributed by atoms with E-state index in [4.69, 9.17) is 0 Å². The maximum atomic E-state index is 11.6. The van der Waals surface area contributed by atoms with Gasteiger partial charge in [-0.15, -0.1) is 0 Å². The van der Waals surface area contributed by atoms with Crippen molar-refractivity contribution in [2.24, 2.45) is 0 Å². The average molecular weight is 241 g/mol. The van der Waals surface area contributed by atoms with E-state index in [0.29, 0.717) is 11.3 Å². The molecule has 0 amide bonds. The van der Waals surface area contributed by atoms with Crippen molar-refractivity contribution >= 4 is 9.84 Å². The van der Waals surface area contributed by atoms with Crippen LogP contribution in [0.15, 0.2) is 29.2 Å². The maximum Gasteiger partial charge on any atom is 0.175 e. The fourth-order valence-electron chi connectivity index (χ4n) is 1.58. The van der Waals surface area contributed by atoms with Crippen molar-refractivity contribution < 1.29 is 8.42 Å². The lowest BCUT2D eigenvalue weighted by molar-refractivity contribution is 0.419. The highest BCUT2D eigenvalue weighted by Crippen LogP contribution is 2.20. The lowest BCUT2D eigenvalue weighted by Crippen LogP contribution is -2.38. The van der Waals surface area contributed by atoms with Crippen LogP contribution in [0.25, 0.3) is 0 Å². The molecule has 0 aliphatic carbocycles. The van der Waals surface area contributed by atoms with Crippen molar-refractivity contribution in [3.8, 4) is 0 Å². The first-order valence-corrected chi connectivity index (χ1v) is 7.12. The summed E-state index contributed by atoms with van der Waals surface area (Å²) in [5.74, 6) is 0. The standard InChI is InChI=1S/C12H19NO2S/c1-12(2,13-3)9-10-7-5-6-8-11(10)16(4,14)15/h5-8,13H,9H2,1-4H3. The highest BCUT2D eigenvalue weighted by Gasteiger charge is 2.20. The van der Waals surface area contributed by atoms with Gasteiger partial charge >= 0.3 is 0 Å². The first kappa shape index (κ1) is 13.2. The van der Waals surface area contributed by atoms with Crippen LogP contribution < -0.4 is 5.32 Å². The first-order valence-electron chi connectivity index (χ1n) is 5.23. The minimum Gasteiger partial charge on any atom is -0.314 e. The normalized spacial score (nSPS) is 12.8. The van der Waals surface area contributed by atoms with Crippen LogP contribution in [0.3, 0.4) is 0 Å². The van der Waals surface area contributed by atoms with Gasteiger partial charge in [0.1, 0.15) is 0 Å². The van der Waals surface area contributed by atoms with E-state index in [1.165, 1.54) is 6.26 Å². The fourth-order valence-corrected chi connectivity index (χ4v) is 2.52. The van der Waals surface area contributed by atoms with Crippen molar-refractivity contribution in [1.82, 2.24) is 5.32 Å². The molecule has 1 rings (SSSR count). The summed E-state index contributed by atoms with van der Waals surface area (Å²) in [6, 6.07) is 7.16. The Morgan fingerprint density at radius 1 is 1.25 bits per heavy atom. The summed E-state index contributed by atoms with van der Waals surface area (Å²) in [6.07, 6.45) is 1.94. The Kier molecular flexibility index (Phi) is 3.76. The van der Waals surface area contributed by atoms with Gasteiger partial charge in [0.25, 0.3) is 0 Å². The topological polar surface area (TPSA) is 46.2 Å². The van der Waals surface area contributed by atoms with E-state index in [-0.39, 0.29) is 5.54 Å². The number of rotatable bonds is 4. The minimum absolute atomic E-state index is 0.110. The zero-order valence-electron chi connectivity index (χ0n) is 10.2. The van der Waals surface area contributed by atoms with Crippen LogP contribution in [0.2, 0.25) is 0 Å². The van der Waals surface area contributed by atoms with E-state index < -0.39 is 9.84 Å². The number of sulfone groups is 1. The Morgan fingerprint density at radius 3 is 2.31 bits per heavy atom. The molecule has 3 nitrogen and oxygen atoms in total. The summed E-state index contributed by atoms with van der Waals surface area (Å²) in [6.45, 7) is 4.10. The number of benzene rings is 1. The molecule has 0 fully saturated rings. The predicted molar refractivity (Wildman–Crippen MR) is 66.4 cm³/mol. The van der Waals surface area contributed by atoms with Crippen molar-refractivity contribution in [3.63, 3.8) is 0 Å². The van der Waals surface area contributed by atoms with Crippen LogP contribution in [0.5, 0.6) is 0 Å². The summed E-state index contributed by atoms with van der Waals surface area (Å²) in [4.78, 5) is 0.429. The molecule has 0 heterocycles. The molecule has 0 aliphatic rings. The first-order chi connectivity index (χ1) is 7.26. The van der Waals surface area contributed by atoms with Crippen LogP contribution in [0.4, 0.5) is 0 Å². The third-order valence-corrected chi connectivity index (χ3v) is 3.88. The number of nitrogens with one attached hydrogen (secondary N) is 1. The van der Waals surface area contributed by atoms with E-state index in [0.717, 1.165) is 5.56 Å². The van der Waals surface area contributed by atoms with Crippen LogP contribution in [-0.2, 0) is 16.3 Å². The Labute approximate surface area is 97.8 Å². The lowest BCUT2D eigenvalue weighted by Gasteiger charge is -2.25. The van der Waals surface area contributed by atoms with E-state index >= 15 is 0 Å². The van der Waals surface area contributed by atoms with E-state index in [2.05, 4.69) is 5.32 Å². The Hall–Kier alpha value is -0.870. The largest absolute Gasteiger partial charge is 0.314 e. The monoisotopic (exact) mass is 241 g/mol. The molecule has 1 N–H and O–H groups in total. The van der Waals surface area contributed by atoms with Gasteiger partial charge in [-0.3, -0.25) is 0 Å². The van der Waals surface area contributed by atoms with Crippen LogP contribution >= 0.6 is 0 Å². The molecule has 1 aromatic carbocycles. The second-order valence-corrected chi connectivity index (χ2v) is 6.67. The van der Waals surface area contributed by atoms with Gasteiger partial charge in [0.15, 0.2) is 9.84 Å². The Bertz CT molecular complexity index is 464. The van der Waals surface area contributed by atoms with Gasteiger partial charge in [0.05, 0.1) is 4.90 Å². The van der Waals surface area contributed by atoms with Gasteiger partial charge in [-0.05, 0) is 38.9 Å². The summed E-state index contributed by atoms with van der Waals surface area (Å²) in [5.41, 5.74) is 0.755. The number of likely N-dealkylation sites (N-methyl/N-ethyl adjacent to an activating group) is 1. The molecular formula is C12H19NO2S. The lowest BCUT2D eigenvalue weighted by atomic mass is 9.95. The van der Waals surface area contributed by atoms with Gasteiger partial charge in [-0.25, -0.2) is 8.42 Å². The quantitative estimate of drug-likeness (QED) is 0.871. The zero-order chi connectivity index (χ0) is 12.4. The molecule has 0 saturated carbocycles. The highest BCUT2D eigenvalue weighted by molar-refractivity contribution is 7.90. The second-order valence-electron chi connectivity index (χ2n) is 4.69. The third kappa shape index (κ3) is 3.32. The molecule has 0 atom stereocenters. The molecule has 90 valence electrons. The van der Waals surface area contributed by atoms with Crippen LogP contribution in [0.1, 0.15) is 19.4 Å². The maximum absolute atomic E-state index is 11.6. The SMILES string of the molecule is CNC(C)(C)Cc1ccccc1S(C)(=O)=O. The molecule has 0 unspecified atom stereocenters. The summed E-state index contributed by atoms with van der Waals surface area (Å²) in [7, 11) is -1.26. The van der Waals surface area contributed by atoms with Crippen LogP contribution in [0, 0.1) is 0 Å². The van der Waals surface area contributed by atoms with Crippen molar-refractivity contribution in [3.05, 3.63) is 29.8 Å². The van der Waals surface area contributed by atoms with Crippen molar-refractivity contribution in [1.29, 1.82) is 0 Å². The molecule has 0 radical (unpaired) electrons. The Balaban J connectivity index is 3.16. The third-order valence-electron chi connectivity index (χ3n) is 2.68. The molecule has 0 aliphatic heterocycles. The smallest absolute Gasteiger partial charge is 0.175 e. The van der Waals surface area contributed by atoms with Gasteiger partial charge in [-0.1, -0.05) is 18.2 Å². The summed E-state index contributed by atoms with van der Waals surface area (Å²) in [5, 5.41) is 3.17. The fraction of sp³-hybridized carbons (Fsp3) is 0.500. The molecule has 0 spiro atoms. The van der Waals surface area contributed by atoms with Crippen molar-refractivity contribution in [2.75, 3.05) is 13.3 Å². The molecule has 0 aromatic heterocycles. The van der Waals surface area contributed by atoms with Crippen LogP contribution in [-0.4, -0.2) is 27.3 Å². The highest BCUT2D eigenvalue weighted by atomic mass is 32.2. The van der Waals surface area contributed by atoms with Gasteiger partial charge in [0, 0.05) is 11.8 Å². The predicted octanol–water partition coefficient (Wildman–Crippen LogP) is 1.63. The second kappa shape index (κ2) is 4.55. The van der Waals surface area contributed by atoms with Gasteiger partial charge in [0.2, 0.25) is 0 Å². The number of hydrogen-bond donors (Lipinski definition) is 1. The molecule has 4 heteroatoms. The van der Waals surface area contributed by atoms with E-state index in [9.17, 15) is 8.42 Å². The molecule has 0 bridgehead atoms. The minimum atomic E-state index is -3.14. The summed E-state index contributed by atoms with van der Waals surface area (Å²) < 4.78 is 23.2. The molecule has 0 saturated heterocycles. The van der Waals surface area contributed by atoms with Gasteiger partial charge < -0.3 is 5.32 Å². The average Bonchev–Trinajstić information content (AvgIpc) is 2.16. The summed E-state index contributed by atoms with van der Waals surface area (Å²) >= 11 is 0.